The van der Waals surface area contributed by atoms with Crippen molar-refractivity contribution >= 4 is 27.8 Å². The third-order valence-corrected chi connectivity index (χ3v) is 4.26. The van der Waals surface area contributed by atoms with E-state index in [4.69, 9.17) is 4.74 Å². The SMILES string of the molecule is COc1cc(/C=C/C(=O)N(O)c2ccccc2)ccc1OS(=O)(=O)C(F)(F)F. The molecule has 0 atom stereocenters. The Hall–Kier alpha value is -3.05. The summed E-state index contributed by atoms with van der Waals surface area (Å²) in [6, 6.07) is 11.3. The van der Waals surface area contributed by atoms with Crippen molar-refractivity contribution in [2.75, 3.05) is 12.2 Å². The van der Waals surface area contributed by atoms with Crippen molar-refractivity contribution in [2.45, 2.75) is 5.51 Å². The number of halogens is 3. The number of para-hydroxylation sites is 1. The van der Waals surface area contributed by atoms with Crippen molar-refractivity contribution in [1.29, 1.82) is 0 Å². The second-order valence-corrected chi connectivity index (χ2v) is 6.75. The number of anilines is 1. The Morgan fingerprint density at radius 1 is 1.11 bits per heavy atom. The molecule has 0 saturated carbocycles. The fourth-order valence-electron chi connectivity index (χ4n) is 1.96. The molecular formula is C17H14F3NO6S. The first kappa shape index (κ1) is 21.3. The first-order valence-corrected chi connectivity index (χ1v) is 8.91. The van der Waals surface area contributed by atoms with Crippen molar-refractivity contribution in [3.05, 3.63) is 60.2 Å². The molecule has 11 heteroatoms. The van der Waals surface area contributed by atoms with Crippen LogP contribution in [-0.2, 0) is 14.9 Å². The standard InChI is InChI=1S/C17H14F3NO6S/c1-26-15-11-12(7-9-14(15)27-28(24,25)17(18,19)20)8-10-16(22)21(23)13-5-3-2-4-6-13/h2-11,23H,1H3/b10-8+. The molecule has 0 heterocycles. The minimum absolute atomic E-state index is 0.232. The van der Waals surface area contributed by atoms with Gasteiger partial charge in [-0.25, -0.2) is 0 Å². The van der Waals surface area contributed by atoms with E-state index in [9.17, 15) is 31.6 Å². The minimum Gasteiger partial charge on any atom is -0.493 e. The first-order valence-electron chi connectivity index (χ1n) is 7.50. The van der Waals surface area contributed by atoms with Gasteiger partial charge in [0, 0.05) is 6.08 Å². The molecule has 0 aliphatic rings. The van der Waals surface area contributed by atoms with Gasteiger partial charge in [-0.2, -0.15) is 26.7 Å². The summed E-state index contributed by atoms with van der Waals surface area (Å²) in [6.07, 6.45) is 2.26. The Bertz CT molecular complexity index is 974. The Kier molecular flexibility index (Phi) is 6.31. The van der Waals surface area contributed by atoms with Crippen LogP contribution < -0.4 is 14.0 Å². The van der Waals surface area contributed by atoms with E-state index < -0.39 is 27.3 Å². The van der Waals surface area contributed by atoms with E-state index in [1.54, 1.807) is 18.2 Å². The summed E-state index contributed by atoms with van der Waals surface area (Å²) in [7, 11) is -4.75. The van der Waals surface area contributed by atoms with Crippen molar-refractivity contribution in [3.63, 3.8) is 0 Å². The predicted octanol–water partition coefficient (Wildman–Crippen LogP) is 3.36. The zero-order valence-electron chi connectivity index (χ0n) is 14.3. The lowest BCUT2D eigenvalue weighted by atomic mass is 10.2. The molecular weight excluding hydrogens is 403 g/mol. The van der Waals surface area contributed by atoms with Gasteiger partial charge >= 0.3 is 15.6 Å². The molecule has 0 bridgehead atoms. The number of nitrogens with zero attached hydrogens (tertiary/aromatic N) is 1. The number of hydrogen-bond donors (Lipinski definition) is 1. The second-order valence-electron chi connectivity index (χ2n) is 5.21. The summed E-state index contributed by atoms with van der Waals surface area (Å²) < 4.78 is 68.4. The first-order chi connectivity index (χ1) is 13.0. The number of carbonyl (C=O) groups is 1. The van der Waals surface area contributed by atoms with Gasteiger partial charge in [-0.3, -0.25) is 10.0 Å². The highest BCUT2D eigenvalue weighted by atomic mass is 32.2. The van der Waals surface area contributed by atoms with Crippen LogP contribution in [0.2, 0.25) is 0 Å². The average molecular weight is 417 g/mol. The summed E-state index contributed by atoms with van der Waals surface area (Å²) in [4.78, 5) is 12.0. The van der Waals surface area contributed by atoms with Crippen molar-refractivity contribution in [3.8, 4) is 11.5 Å². The molecule has 0 saturated heterocycles. The number of benzene rings is 2. The van der Waals surface area contributed by atoms with E-state index in [1.807, 2.05) is 0 Å². The fourth-order valence-corrected chi connectivity index (χ4v) is 2.43. The van der Waals surface area contributed by atoms with Crippen molar-refractivity contribution < 1.29 is 40.5 Å². The van der Waals surface area contributed by atoms with Gasteiger partial charge in [0.1, 0.15) is 0 Å². The topological polar surface area (TPSA) is 93.1 Å². The molecule has 2 aromatic rings. The number of amides is 1. The van der Waals surface area contributed by atoms with Gasteiger partial charge in [-0.15, -0.1) is 0 Å². The van der Waals surface area contributed by atoms with Crippen LogP contribution in [-0.4, -0.2) is 32.2 Å². The van der Waals surface area contributed by atoms with Gasteiger partial charge < -0.3 is 8.92 Å². The number of hydrogen-bond acceptors (Lipinski definition) is 6. The lowest BCUT2D eigenvalue weighted by Crippen LogP contribution is -2.28. The quantitative estimate of drug-likeness (QED) is 0.255. The van der Waals surface area contributed by atoms with E-state index >= 15 is 0 Å². The molecule has 2 rings (SSSR count). The zero-order valence-corrected chi connectivity index (χ0v) is 15.1. The summed E-state index contributed by atoms with van der Waals surface area (Å²) in [5.41, 5.74) is -5.08. The monoisotopic (exact) mass is 417 g/mol. The molecule has 0 unspecified atom stereocenters. The number of alkyl halides is 3. The Labute approximate surface area is 158 Å². The number of carbonyl (C=O) groups excluding carboxylic acids is 1. The van der Waals surface area contributed by atoms with E-state index in [2.05, 4.69) is 4.18 Å². The molecule has 0 aliphatic carbocycles. The highest BCUT2D eigenvalue weighted by molar-refractivity contribution is 7.88. The maximum absolute atomic E-state index is 12.4. The Morgan fingerprint density at radius 2 is 1.75 bits per heavy atom. The second kappa shape index (κ2) is 8.31. The fraction of sp³-hybridized carbons (Fsp3) is 0.118. The third-order valence-electron chi connectivity index (χ3n) is 3.30. The number of ether oxygens (including phenoxy) is 1. The summed E-state index contributed by atoms with van der Waals surface area (Å²) >= 11 is 0. The van der Waals surface area contributed by atoms with Gasteiger partial charge in [-0.05, 0) is 35.9 Å². The van der Waals surface area contributed by atoms with E-state index in [0.717, 1.165) is 25.3 Å². The smallest absolute Gasteiger partial charge is 0.493 e. The minimum atomic E-state index is -5.86. The normalized spacial score (nSPS) is 12.0. The van der Waals surface area contributed by atoms with Crippen LogP contribution in [0.25, 0.3) is 6.08 Å². The van der Waals surface area contributed by atoms with Gasteiger partial charge in [0.2, 0.25) is 0 Å². The Morgan fingerprint density at radius 3 is 2.32 bits per heavy atom. The van der Waals surface area contributed by atoms with E-state index in [-0.39, 0.29) is 17.0 Å². The predicted molar refractivity (Wildman–Crippen MR) is 93.3 cm³/mol. The van der Waals surface area contributed by atoms with E-state index in [0.29, 0.717) is 5.06 Å². The van der Waals surface area contributed by atoms with Crippen LogP contribution in [0.4, 0.5) is 18.9 Å². The van der Waals surface area contributed by atoms with Crippen molar-refractivity contribution in [1.82, 2.24) is 0 Å². The lowest BCUT2D eigenvalue weighted by Gasteiger charge is -2.13. The molecule has 0 radical (unpaired) electrons. The van der Waals surface area contributed by atoms with Crippen LogP contribution in [0.15, 0.2) is 54.6 Å². The van der Waals surface area contributed by atoms with Crippen LogP contribution in [0.3, 0.4) is 0 Å². The Balaban J connectivity index is 2.20. The lowest BCUT2D eigenvalue weighted by molar-refractivity contribution is -0.118. The third kappa shape index (κ3) is 5.02. The zero-order chi connectivity index (χ0) is 20.9. The molecule has 0 spiro atoms. The maximum atomic E-state index is 12.4. The molecule has 0 fully saturated rings. The number of rotatable bonds is 6. The van der Waals surface area contributed by atoms with Gasteiger partial charge in [0.25, 0.3) is 5.91 Å². The largest absolute Gasteiger partial charge is 0.534 e. The van der Waals surface area contributed by atoms with Crippen LogP contribution in [0.5, 0.6) is 11.5 Å². The summed E-state index contributed by atoms with van der Waals surface area (Å²) in [5, 5.41) is 10.2. The number of methoxy groups -OCH3 is 1. The van der Waals surface area contributed by atoms with Gasteiger partial charge in [0.05, 0.1) is 12.8 Å². The molecule has 150 valence electrons. The average Bonchev–Trinajstić information content (AvgIpc) is 2.65. The summed E-state index contributed by atoms with van der Waals surface area (Å²) in [6.45, 7) is 0. The molecule has 1 amide bonds. The van der Waals surface area contributed by atoms with Crippen LogP contribution in [0, 0.1) is 0 Å². The highest BCUT2D eigenvalue weighted by Gasteiger charge is 2.48. The van der Waals surface area contributed by atoms with Gasteiger partial charge in [-0.1, -0.05) is 24.3 Å². The molecule has 28 heavy (non-hydrogen) atoms. The summed E-state index contributed by atoms with van der Waals surface area (Å²) in [5.74, 6) is -1.76. The van der Waals surface area contributed by atoms with Gasteiger partial charge in [0.15, 0.2) is 11.5 Å². The van der Waals surface area contributed by atoms with E-state index in [1.165, 1.54) is 24.3 Å². The van der Waals surface area contributed by atoms with Crippen LogP contribution in [0.1, 0.15) is 5.56 Å². The van der Waals surface area contributed by atoms with Crippen molar-refractivity contribution in [2.24, 2.45) is 0 Å². The molecule has 2 aromatic carbocycles. The maximum Gasteiger partial charge on any atom is 0.534 e. The molecule has 0 aliphatic heterocycles. The molecule has 0 aromatic heterocycles. The van der Waals surface area contributed by atoms with Crippen LogP contribution >= 0.6 is 0 Å². The molecule has 7 nitrogen and oxygen atoms in total. The number of hydroxylamine groups is 1. The molecule has 1 N–H and O–H groups in total. The highest BCUT2D eigenvalue weighted by Crippen LogP contribution is 2.33.